The highest BCUT2D eigenvalue weighted by atomic mass is 15.1. The predicted octanol–water partition coefficient (Wildman–Crippen LogP) is 15.7. The van der Waals surface area contributed by atoms with Crippen LogP contribution in [0, 0.1) is 0 Å². The molecule has 2 heteroatoms. The number of aromatic nitrogens is 1. The molecule has 2 nitrogen and oxygen atoms in total. The maximum absolute atomic E-state index is 2.47. The Morgan fingerprint density at radius 2 is 1.02 bits per heavy atom. The standard InChI is InChI=1S/C58H40N2/c1-2-14-39(15-3-1)42-18-12-20-45(36-42)59(47-31-33-49-44(38-47)29-28-40-16-4-6-22-48(40)49)57-35-34-50(52-24-8-9-25-53(52)57)43-19-13-21-46(37-43)60-56-27-11-10-26-54(56)55-32-30-41-17-5-7-23-51(41)58(55)60/h1-27,30-38H,28-29H2. The molecule has 0 amide bonds. The third-order valence-corrected chi connectivity index (χ3v) is 12.6. The molecule has 60 heavy (non-hydrogen) atoms. The zero-order valence-corrected chi connectivity index (χ0v) is 33.1. The van der Waals surface area contributed by atoms with Crippen molar-refractivity contribution in [3.63, 3.8) is 0 Å². The Labute approximate surface area is 349 Å². The van der Waals surface area contributed by atoms with Crippen molar-refractivity contribution in [3.8, 4) is 39.1 Å². The van der Waals surface area contributed by atoms with E-state index in [1.54, 1.807) is 0 Å². The van der Waals surface area contributed by atoms with E-state index < -0.39 is 0 Å². The Hall–Kier alpha value is -7.68. The number of para-hydroxylation sites is 1. The van der Waals surface area contributed by atoms with Gasteiger partial charge in [-0.15, -0.1) is 0 Å². The van der Waals surface area contributed by atoms with E-state index in [1.165, 1.54) is 87.9 Å². The average molecular weight is 765 g/mol. The van der Waals surface area contributed by atoms with Crippen LogP contribution >= 0.6 is 0 Å². The maximum Gasteiger partial charge on any atom is 0.0619 e. The summed E-state index contributed by atoms with van der Waals surface area (Å²) in [5.41, 5.74) is 17.4. The summed E-state index contributed by atoms with van der Waals surface area (Å²) in [5, 5.41) is 7.46. The number of benzene rings is 10. The van der Waals surface area contributed by atoms with E-state index >= 15 is 0 Å². The van der Waals surface area contributed by atoms with E-state index in [2.05, 4.69) is 228 Å². The SMILES string of the molecule is c1ccc(-c2cccc(N(c3ccc4c(c3)CCc3ccccc3-4)c3ccc(-c4cccc(-n5c6ccccc6c6ccc7ccccc7c65)c4)c4ccccc34)c2)cc1. The molecule has 0 unspecified atom stereocenters. The van der Waals surface area contributed by atoms with E-state index in [1.807, 2.05) is 0 Å². The van der Waals surface area contributed by atoms with Gasteiger partial charge in [-0.2, -0.15) is 0 Å². The molecule has 1 aliphatic carbocycles. The van der Waals surface area contributed by atoms with Crippen LogP contribution < -0.4 is 4.90 Å². The molecular formula is C58H40N2. The van der Waals surface area contributed by atoms with Crippen LogP contribution in [0.2, 0.25) is 0 Å². The molecule has 11 aromatic rings. The molecule has 0 atom stereocenters. The first-order valence-corrected chi connectivity index (χ1v) is 21.0. The second-order valence-corrected chi connectivity index (χ2v) is 16.0. The molecule has 12 rings (SSSR count). The lowest BCUT2D eigenvalue weighted by Crippen LogP contribution is -2.12. The first kappa shape index (κ1) is 34.4. The molecule has 1 aliphatic rings. The Kier molecular flexibility index (Phi) is 8.02. The van der Waals surface area contributed by atoms with Crippen molar-refractivity contribution in [1.82, 2.24) is 4.57 Å². The minimum Gasteiger partial charge on any atom is -0.310 e. The van der Waals surface area contributed by atoms with E-state index in [4.69, 9.17) is 0 Å². The van der Waals surface area contributed by atoms with Gasteiger partial charge in [-0.05, 0) is 117 Å². The maximum atomic E-state index is 2.47. The molecule has 0 radical (unpaired) electrons. The van der Waals surface area contributed by atoms with Crippen molar-refractivity contribution in [3.05, 3.63) is 230 Å². The average Bonchev–Trinajstić information content (AvgIpc) is 3.67. The summed E-state index contributed by atoms with van der Waals surface area (Å²) >= 11 is 0. The monoisotopic (exact) mass is 764 g/mol. The van der Waals surface area contributed by atoms with E-state index in [9.17, 15) is 0 Å². The molecule has 0 aliphatic heterocycles. The molecule has 0 bridgehead atoms. The van der Waals surface area contributed by atoms with Gasteiger partial charge in [0.25, 0.3) is 0 Å². The van der Waals surface area contributed by atoms with Gasteiger partial charge in [-0.25, -0.2) is 0 Å². The van der Waals surface area contributed by atoms with E-state index in [-0.39, 0.29) is 0 Å². The summed E-state index contributed by atoms with van der Waals surface area (Å²) in [6.45, 7) is 0. The van der Waals surface area contributed by atoms with Gasteiger partial charge < -0.3 is 9.47 Å². The Bertz CT molecular complexity index is 3450. The van der Waals surface area contributed by atoms with E-state index in [0.29, 0.717) is 0 Å². The third kappa shape index (κ3) is 5.56. The van der Waals surface area contributed by atoms with Crippen molar-refractivity contribution in [1.29, 1.82) is 0 Å². The largest absolute Gasteiger partial charge is 0.310 e. The number of hydrogen-bond acceptors (Lipinski definition) is 1. The second kappa shape index (κ2) is 14.0. The quantitative estimate of drug-likeness (QED) is 0.164. The van der Waals surface area contributed by atoms with Gasteiger partial charge in [0.05, 0.1) is 16.7 Å². The summed E-state index contributed by atoms with van der Waals surface area (Å²) in [6, 6.07) is 80.5. The van der Waals surface area contributed by atoms with Crippen LogP contribution in [0.15, 0.2) is 218 Å². The zero-order chi connectivity index (χ0) is 39.6. The van der Waals surface area contributed by atoms with Crippen LogP contribution in [-0.4, -0.2) is 4.57 Å². The summed E-state index contributed by atoms with van der Waals surface area (Å²) < 4.78 is 2.46. The summed E-state index contributed by atoms with van der Waals surface area (Å²) in [5.74, 6) is 0. The van der Waals surface area contributed by atoms with Crippen molar-refractivity contribution >= 4 is 60.4 Å². The van der Waals surface area contributed by atoms with Crippen LogP contribution in [0.1, 0.15) is 11.1 Å². The fourth-order valence-corrected chi connectivity index (χ4v) is 9.88. The molecule has 0 saturated heterocycles. The summed E-state index contributed by atoms with van der Waals surface area (Å²) in [6.07, 6.45) is 2.08. The Morgan fingerprint density at radius 3 is 1.93 bits per heavy atom. The van der Waals surface area contributed by atoms with Gasteiger partial charge in [-0.1, -0.05) is 170 Å². The lowest BCUT2D eigenvalue weighted by molar-refractivity contribution is 0.941. The number of aryl methyl sites for hydroxylation is 2. The number of nitrogens with zero attached hydrogens (tertiary/aromatic N) is 2. The van der Waals surface area contributed by atoms with E-state index in [0.717, 1.165) is 35.6 Å². The van der Waals surface area contributed by atoms with Gasteiger partial charge in [0.1, 0.15) is 0 Å². The number of anilines is 3. The molecule has 1 heterocycles. The van der Waals surface area contributed by atoms with Crippen LogP contribution in [0.3, 0.4) is 0 Å². The highest BCUT2D eigenvalue weighted by Gasteiger charge is 2.22. The van der Waals surface area contributed by atoms with Gasteiger partial charge >= 0.3 is 0 Å². The smallest absolute Gasteiger partial charge is 0.0619 e. The van der Waals surface area contributed by atoms with Crippen LogP contribution in [0.5, 0.6) is 0 Å². The molecular weight excluding hydrogens is 725 g/mol. The lowest BCUT2D eigenvalue weighted by Gasteiger charge is -2.30. The molecule has 0 spiro atoms. The molecule has 282 valence electrons. The van der Waals surface area contributed by atoms with Gasteiger partial charge in [0.2, 0.25) is 0 Å². The minimum absolute atomic E-state index is 1.02. The number of rotatable bonds is 6. The Morgan fingerprint density at radius 1 is 0.350 bits per heavy atom. The van der Waals surface area contributed by atoms with Crippen molar-refractivity contribution < 1.29 is 0 Å². The summed E-state index contributed by atoms with van der Waals surface area (Å²) in [7, 11) is 0. The molecule has 10 aromatic carbocycles. The first-order valence-electron chi connectivity index (χ1n) is 21.0. The highest BCUT2D eigenvalue weighted by molar-refractivity contribution is 6.18. The highest BCUT2D eigenvalue weighted by Crippen LogP contribution is 2.45. The van der Waals surface area contributed by atoms with Crippen molar-refractivity contribution in [2.24, 2.45) is 0 Å². The van der Waals surface area contributed by atoms with Crippen LogP contribution in [0.4, 0.5) is 17.1 Å². The Balaban J connectivity index is 1.04. The van der Waals surface area contributed by atoms with Gasteiger partial charge in [0.15, 0.2) is 0 Å². The van der Waals surface area contributed by atoms with Crippen molar-refractivity contribution in [2.75, 3.05) is 4.90 Å². The van der Waals surface area contributed by atoms with Gasteiger partial charge in [0, 0.05) is 38.6 Å². The summed E-state index contributed by atoms with van der Waals surface area (Å²) in [4.78, 5) is 2.47. The molecule has 0 fully saturated rings. The fraction of sp³-hybridized carbons (Fsp3) is 0.0345. The fourth-order valence-electron chi connectivity index (χ4n) is 9.88. The zero-order valence-electron chi connectivity index (χ0n) is 33.1. The second-order valence-electron chi connectivity index (χ2n) is 16.0. The predicted molar refractivity (Wildman–Crippen MR) is 254 cm³/mol. The van der Waals surface area contributed by atoms with Crippen LogP contribution in [0.25, 0.3) is 82.4 Å². The number of hydrogen-bond donors (Lipinski definition) is 0. The molecule has 0 N–H and O–H groups in total. The van der Waals surface area contributed by atoms with Crippen LogP contribution in [-0.2, 0) is 12.8 Å². The molecule has 1 aromatic heterocycles. The topological polar surface area (TPSA) is 8.17 Å². The minimum atomic E-state index is 1.02. The van der Waals surface area contributed by atoms with Crippen molar-refractivity contribution in [2.45, 2.75) is 12.8 Å². The van der Waals surface area contributed by atoms with Gasteiger partial charge in [-0.3, -0.25) is 0 Å². The first-order chi connectivity index (χ1) is 29.8. The normalized spacial score (nSPS) is 12.2. The lowest BCUT2D eigenvalue weighted by atomic mass is 9.85. The number of fused-ring (bicyclic) bond motifs is 9. The molecule has 0 saturated carbocycles. The third-order valence-electron chi connectivity index (χ3n) is 12.6.